The van der Waals surface area contributed by atoms with E-state index in [2.05, 4.69) is 0 Å². The summed E-state index contributed by atoms with van der Waals surface area (Å²) in [7, 11) is -3.19. The normalized spacial score (nSPS) is 40.5. The van der Waals surface area contributed by atoms with Gasteiger partial charge in [-0.15, -0.1) is 0 Å². The first-order valence-electron chi connectivity index (χ1n) is 5.92. The summed E-state index contributed by atoms with van der Waals surface area (Å²) in [6.45, 7) is 1.96. The van der Waals surface area contributed by atoms with Crippen molar-refractivity contribution in [3.05, 3.63) is 0 Å². The van der Waals surface area contributed by atoms with Crippen LogP contribution in [0.15, 0.2) is 0 Å². The average molecular weight is 262 g/mol. The maximum Gasteiger partial charge on any atom is 0.310 e. The Hall–Kier alpha value is -0.620. The summed E-state index contributed by atoms with van der Waals surface area (Å²) in [4.78, 5) is 11.4. The van der Waals surface area contributed by atoms with Crippen LogP contribution in [0, 0.1) is 5.41 Å². The summed E-state index contributed by atoms with van der Waals surface area (Å²) in [5.74, 6) is -1.24. The Balaban J connectivity index is 2.11. The fourth-order valence-electron chi connectivity index (χ4n) is 2.80. The topological polar surface area (TPSA) is 80.7 Å². The number of ether oxygens (including phenoxy) is 1. The van der Waals surface area contributed by atoms with Gasteiger partial charge in [0.05, 0.1) is 29.1 Å². The molecule has 2 saturated heterocycles. The van der Waals surface area contributed by atoms with Crippen molar-refractivity contribution in [2.45, 2.75) is 44.8 Å². The van der Waals surface area contributed by atoms with E-state index in [1.807, 2.05) is 6.92 Å². The van der Waals surface area contributed by atoms with E-state index in [-0.39, 0.29) is 30.1 Å². The number of rotatable bonds is 3. The number of hydrogen-bond donors (Lipinski definition) is 1. The standard InChI is InChI=1S/C11H18O5S/c1-8-2-3-9(16-8)6-11(10(12)13)4-5-17(14,15)7-11/h8-9H,2-7H2,1H3,(H,12,13). The Bertz CT molecular complexity index is 416. The number of hydrogen-bond acceptors (Lipinski definition) is 4. The van der Waals surface area contributed by atoms with E-state index >= 15 is 0 Å². The average Bonchev–Trinajstić information content (AvgIpc) is 2.72. The summed E-state index contributed by atoms with van der Waals surface area (Å²) >= 11 is 0. The van der Waals surface area contributed by atoms with Gasteiger partial charge in [0.25, 0.3) is 0 Å². The molecule has 17 heavy (non-hydrogen) atoms. The highest BCUT2D eigenvalue weighted by Crippen LogP contribution is 2.40. The van der Waals surface area contributed by atoms with Crippen LogP contribution in [0.3, 0.4) is 0 Å². The summed E-state index contributed by atoms with van der Waals surface area (Å²) in [6.07, 6.45) is 2.35. The van der Waals surface area contributed by atoms with Crippen LogP contribution in [0.5, 0.6) is 0 Å². The van der Waals surface area contributed by atoms with Gasteiger partial charge in [-0.3, -0.25) is 4.79 Å². The van der Waals surface area contributed by atoms with Crippen LogP contribution in [0.25, 0.3) is 0 Å². The Morgan fingerprint density at radius 2 is 2.18 bits per heavy atom. The second kappa shape index (κ2) is 4.24. The Labute approximate surface area is 101 Å². The predicted molar refractivity (Wildman–Crippen MR) is 61.5 cm³/mol. The van der Waals surface area contributed by atoms with Gasteiger partial charge in [-0.25, -0.2) is 8.42 Å². The highest BCUT2D eigenvalue weighted by atomic mass is 32.2. The van der Waals surface area contributed by atoms with Crippen LogP contribution in [0.2, 0.25) is 0 Å². The molecule has 2 heterocycles. The van der Waals surface area contributed by atoms with Crippen molar-refractivity contribution in [2.24, 2.45) is 5.41 Å². The Morgan fingerprint density at radius 1 is 1.47 bits per heavy atom. The first kappa shape index (κ1) is 12.8. The minimum Gasteiger partial charge on any atom is -0.481 e. The molecule has 0 aromatic carbocycles. The quantitative estimate of drug-likeness (QED) is 0.815. The van der Waals surface area contributed by atoms with Crippen molar-refractivity contribution in [3.8, 4) is 0 Å². The van der Waals surface area contributed by atoms with Gasteiger partial charge in [-0.2, -0.15) is 0 Å². The lowest BCUT2D eigenvalue weighted by molar-refractivity contribution is -0.149. The fourth-order valence-corrected chi connectivity index (χ4v) is 4.88. The molecule has 1 N–H and O–H groups in total. The van der Waals surface area contributed by atoms with Crippen molar-refractivity contribution in [3.63, 3.8) is 0 Å². The first-order valence-corrected chi connectivity index (χ1v) is 7.74. The summed E-state index contributed by atoms with van der Waals surface area (Å²) in [5.41, 5.74) is -1.12. The lowest BCUT2D eigenvalue weighted by atomic mass is 9.81. The van der Waals surface area contributed by atoms with Gasteiger partial charge in [0.1, 0.15) is 0 Å². The predicted octanol–water partition coefficient (Wildman–Crippen LogP) is 0.834. The minimum atomic E-state index is -3.19. The van der Waals surface area contributed by atoms with Crippen molar-refractivity contribution in [1.82, 2.24) is 0 Å². The zero-order chi connectivity index (χ0) is 12.7. The number of carbonyl (C=O) groups is 1. The van der Waals surface area contributed by atoms with Gasteiger partial charge < -0.3 is 9.84 Å². The van der Waals surface area contributed by atoms with E-state index in [0.29, 0.717) is 6.42 Å². The number of carboxylic acids is 1. The molecule has 3 atom stereocenters. The molecule has 2 fully saturated rings. The lowest BCUT2D eigenvalue weighted by Crippen LogP contribution is -2.36. The van der Waals surface area contributed by atoms with E-state index in [9.17, 15) is 18.3 Å². The number of aliphatic carboxylic acids is 1. The zero-order valence-electron chi connectivity index (χ0n) is 9.89. The van der Waals surface area contributed by atoms with Crippen LogP contribution in [-0.4, -0.2) is 43.2 Å². The van der Waals surface area contributed by atoms with Crippen LogP contribution in [0.1, 0.15) is 32.6 Å². The van der Waals surface area contributed by atoms with Crippen LogP contribution < -0.4 is 0 Å². The van der Waals surface area contributed by atoms with E-state index in [4.69, 9.17) is 4.74 Å². The van der Waals surface area contributed by atoms with Crippen LogP contribution >= 0.6 is 0 Å². The van der Waals surface area contributed by atoms with E-state index in [1.54, 1.807) is 0 Å². The fraction of sp³-hybridized carbons (Fsp3) is 0.909. The maximum absolute atomic E-state index is 11.5. The molecule has 0 saturated carbocycles. The molecule has 6 heteroatoms. The molecule has 2 aliphatic heterocycles. The van der Waals surface area contributed by atoms with Gasteiger partial charge in [0.15, 0.2) is 9.84 Å². The SMILES string of the molecule is CC1CCC(CC2(C(=O)O)CCS(=O)(=O)C2)O1. The molecular formula is C11H18O5S. The van der Waals surface area contributed by atoms with E-state index in [0.717, 1.165) is 12.8 Å². The van der Waals surface area contributed by atoms with Crippen molar-refractivity contribution < 1.29 is 23.1 Å². The summed E-state index contributed by atoms with van der Waals surface area (Å²) in [5, 5.41) is 9.30. The number of sulfone groups is 1. The third-order valence-electron chi connectivity index (χ3n) is 3.78. The molecule has 98 valence electrons. The van der Waals surface area contributed by atoms with Gasteiger partial charge >= 0.3 is 5.97 Å². The van der Waals surface area contributed by atoms with E-state index in [1.165, 1.54) is 0 Å². The number of carboxylic acid groups (broad SMARTS) is 1. The summed E-state index contributed by atoms with van der Waals surface area (Å²) in [6, 6.07) is 0. The molecule has 0 spiro atoms. The monoisotopic (exact) mass is 262 g/mol. The largest absolute Gasteiger partial charge is 0.481 e. The van der Waals surface area contributed by atoms with Gasteiger partial charge in [-0.1, -0.05) is 0 Å². The van der Waals surface area contributed by atoms with Gasteiger partial charge in [0, 0.05) is 0 Å². The third-order valence-corrected chi connectivity index (χ3v) is 5.60. The zero-order valence-corrected chi connectivity index (χ0v) is 10.7. The molecule has 0 aromatic heterocycles. The maximum atomic E-state index is 11.5. The molecule has 5 nitrogen and oxygen atoms in total. The minimum absolute atomic E-state index is 0.0123. The van der Waals surface area contributed by atoms with Crippen molar-refractivity contribution >= 4 is 15.8 Å². The molecule has 3 unspecified atom stereocenters. The molecular weight excluding hydrogens is 244 g/mol. The van der Waals surface area contributed by atoms with Crippen LogP contribution in [-0.2, 0) is 19.4 Å². The Kier molecular flexibility index (Phi) is 3.20. The van der Waals surface area contributed by atoms with Crippen LogP contribution in [0.4, 0.5) is 0 Å². The molecule has 0 bridgehead atoms. The molecule has 0 aromatic rings. The second-order valence-electron chi connectivity index (χ2n) is 5.28. The smallest absolute Gasteiger partial charge is 0.310 e. The third kappa shape index (κ3) is 2.63. The molecule has 0 amide bonds. The summed E-state index contributed by atoms with van der Waals surface area (Å²) < 4.78 is 28.6. The lowest BCUT2D eigenvalue weighted by Gasteiger charge is -2.25. The van der Waals surface area contributed by atoms with Crippen molar-refractivity contribution in [2.75, 3.05) is 11.5 Å². The second-order valence-corrected chi connectivity index (χ2v) is 7.46. The highest BCUT2D eigenvalue weighted by molar-refractivity contribution is 7.91. The van der Waals surface area contributed by atoms with Gasteiger partial charge in [0.2, 0.25) is 0 Å². The molecule has 0 radical (unpaired) electrons. The van der Waals surface area contributed by atoms with Gasteiger partial charge in [-0.05, 0) is 32.6 Å². The highest BCUT2D eigenvalue weighted by Gasteiger charge is 2.50. The molecule has 2 aliphatic rings. The van der Waals surface area contributed by atoms with Crippen molar-refractivity contribution in [1.29, 1.82) is 0 Å². The Morgan fingerprint density at radius 3 is 2.59 bits per heavy atom. The first-order chi connectivity index (χ1) is 7.83. The van der Waals surface area contributed by atoms with E-state index < -0.39 is 21.2 Å². The molecule has 2 rings (SSSR count). The molecule has 0 aliphatic carbocycles.